The van der Waals surface area contributed by atoms with Crippen molar-refractivity contribution < 1.29 is 9.59 Å². The number of hydrogen-bond donors (Lipinski definition) is 5. The van der Waals surface area contributed by atoms with Crippen LogP contribution in [0.25, 0.3) is 10.8 Å². The number of amides is 2. The zero-order valence-corrected chi connectivity index (χ0v) is 27.1. The van der Waals surface area contributed by atoms with E-state index in [1.165, 1.54) is 16.3 Å². The average Bonchev–Trinajstić information content (AvgIpc) is 3.25. The van der Waals surface area contributed by atoms with Crippen LogP contribution in [0, 0.1) is 0 Å². The van der Waals surface area contributed by atoms with Crippen molar-refractivity contribution in [3.8, 4) is 0 Å². The van der Waals surface area contributed by atoms with Gasteiger partial charge in [0.1, 0.15) is 6.04 Å². The van der Waals surface area contributed by atoms with Crippen LogP contribution in [-0.2, 0) is 28.9 Å². The molecule has 0 bridgehead atoms. The van der Waals surface area contributed by atoms with Crippen LogP contribution in [0.5, 0.6) is 0 Å². The van der Waals surface area contributed by atoms with Gasteiger partial charge in [0.25, 0.3) is 0 Å². The Labute approximate surface area is 277 Å². The number of guanidine groups is 1. The van der Waals surface area contributed by atoms with Gasteiger partial charge in [0, 0.05) is 25.2 Å². The van der Waals surface area contributed by atoms with Gasteiger partial charge in [0.05, 0.1) is 12.1 Å². The number of hydrogen-bond acceptors (Lipinski definition) is 5. The lowest BCUT2D eigenvalue weighted by molar-refractivity contribution is -0.133. The molecule has 1 unspecified atom stereocenters. The van der Waals surface area contributed by atoms with Gasteiger partial charge in [-0.05, 0) is 59.6 Å². The van der Waals surface area contributed by atoms with E-state index in [0.717, 1.165) is 11.1 Å². The summed E-state index contributed by atoms with van der Waals surface area (Å²) in [5.41, 5.74) is 21.4. The lowest BCUT2D eigenvalue weighted by atomic mass is 9.95. The fourth-order valence-electron chi connectivity index (χ4n) is 6.47. The van der Waals surface area contributed by atoms with Gasteiger partial charge >= 0.3 is 0 Å². The number of nitrogens with two attached hydrogens (primary N) is 3. The van der Waals surface area contributed by atoms with Crippen LogP contribution in [0.4, 0.5) is 0 Å². The Morgan fingerprint density at radius 1 is 0.894 bits per heavy atom. The molecule has 4 aromatic rings. The highest BCUT2D eigenvalue weighted by atomic mass is 16.2. The first kappa shape index (κ1) is 33.6. The third kappa shape index (κ3) is 9.18. The zero-order chi connectivity index (χ0) is 33.2. The number of benzene rings is 4. The van der Waals surface area contributed by atoms with Gasteiger partial charge in [-0.1, -0.05) is 110 Å². The lowest BCUT2D eigenvalue weighted by Gasteiger charge is -2.32. The molecule has 246 valence electrons. The average molecular weight is 634 g/mol. The number of carbonyl (C=O) groups excluding carboxylic acids is 2. The molecule has 9 nitrogen and oxygen atoms in total. The Bertz CT molecular complexity index is 1640. The number of nitrogens with one attached hydrogen (secondary N) is 2. The van der Waals surface area contributed by atoms with Crippen LogP contribution in [-0.4, -0.2) is 66.0 Å². The Balaban J connectivity index is 1.39. The first-order chi connectivity index (χ1) is 22.8. The van der Waals surface area contributed by atoms with Gasteiger partial charge < -0.3 is 27.4 Å². The predicted octanol–water partition coefficient (Wildman–Crippen LogP) is 3.29. The molecule has 0 saturated carbocycles. The van der Waals surface area contributed by atoms with Crippen molar-refractivity contribution in [1.29, 1.82) is 0 Å². The molecule has 1 aliphatic heterocycles. The highest BCUT2D eigenvalue weighted by Gasteiger charge is 2.38. The second kappa shape index (κ2) is 16.2. The van der Waals surface area contributed by atoms with E-state index >= 15 is 0 Å². The molecule has 5 rings (SSSR count). The minimum atomic E-state index is -0.720. The van der Waals surface area contributed by atoms with E-state index in [4.69, 9.17) is 17.2 Å². The van der Waals surface area contributed by atoms with E-state index in [2.05, 4.69) is 46.0 Å². The van der Waals surface area contributed by atoms with Crippen molar-refractivity contribution in [2.75, 3.05) is 13.1 Å². The normalized spacial score (nSPS) is 18.6. The lowest BCUT2D eigenvalue weighted by Crippen LogP contribution is -2.59. The fourth-order valence-corrected chi connectivity index (χ4v) is 6.47. The molecule has 5 atom stereocenters. The molecule has 0 spiro atoms. The topological polar surface area (TPSA) is 152 Å². The molecule has 8 N–H and O–H groups in total. The largest absolute Gasteiger partial charge is 0.370 e. The number of rotatable bonds is 13. The van der Waals surface area contributed by atoms with E-state index in [-0.39, 0.29) is 29.9 Å². The highest BCUT2D eigenvalue weighted by Crippen LogP contribution is 2.21. The maximum Gasteiger partial charge on any atom is 0.241 e. The summed E-state index contributed by atoms with van der Waals surface area (Å²) in [6.07, 6.45) is 2.90. The number of aliphatic imine (C=N–C) groups is 1. The molecule has 0 aromatic heterocycles. The first-order valence-corrected chi connectivity index (χ1v) is 16.6. The summed E-state index contributed by atoms with van der Waals surface area (Å²) < 4.78 is 0. The van der Waals surface area contributed by atoms with Gasteiger partial charge in [0.15, 0.2) is 5.96 Å². The monoisotopic (exact) mass is 633 g/mol. The number of nitrogens with zero attached hydrogens (tertiary/aromatic N) is 2. The second-order valence-electron chi connectivity index (χ2n) is 12.4. The summed E-state index contributed by atoms with van der Waals surface area (Å²) in [7, 11) is 0. The molecule has 2 amide bonds. The molecule has 1 saturated heterocycles. The van der Waals surface area contributed by atoms with Crippen molar-refractivity contribution in [2.45, 2.75) is 69.2 Å². The van der Waals surface area contributed by atoms with Crippen molar-refractivity contribution in [2.24, 2.45) is 22.2 Å². The molecule has 1 heterocycles. The van der Waals surface area contributed by atoms with E-state index in [1.807, 2.05) is 84.6 Å². The second-order valence-corrected chi connectivity index (χ2v) is 12.4. The smallest absolute Gasteiger partial charge is 0.241 e. The van der Waals surface area contributed by atoms with Crippen LogP contribution in [0.3, 0.4) is 0 Å². The van der Waals surface area contributed by atoms with Crippen LogP contribution in [0.1, 0.15) is 36.5 Å². The third-order valence-electron chi connectivity index (χ3n) is 9.03. The van der Waals surface area contributed by atoms with Crippen molar-refractivity contribution in [1.82, 2.24) is 15.5 Å². The van der Waals surface area contributed by atoms with Crippen LogP contribution >= 0.6 is 0 Å². The fraction of sp³-hybridized carbons (Fsp3) is 0.342. The molecule has 9 heteroatoms. The SMILES string of the molecule is CCC(N=C(N)N)[C@@H]1N[C@H]([C@@H](Cc2ccccc2)NC(=O)[C@@H](N)Cc2ccccc2)CCN(CCc2ccc3ccccc3c2)C1=O. The number of carbonyl (C=O) groups is 2. The van der Waals surface area contributed by atoms with E-state index in [1.54, 1.807) is 0 Å². The van der Waals surface area contributed by atoms with Crippen LogP contribution in [0.15, 0.2) is 108 Å². The van der Waals surface area contributed by atoms with E-state index < -0.39 is 18.1 Å². The Hall–Kier alpha value is -4.73. The van der Waals surface area contributed by atoms with E-state index in [9.17, 15) is 9.59 Å². The quantitative estimate of drug-likeness (QED) is 0.113. The van der Waals surface area contributed by atoms with Gasteiger partial charge in [-0.25, -0.2) is 4.99 Å². The Kier molecular flexibility index (Phi) is 11.6. The zero-order valence-electron chi connectivity index (χ0n) is 27.1. The minimum absolute atomic E-state index is 0.0456. The van der Waals surface area contributed by atoms with Crippen molar-refractivity contribution >= 4 is 28.5 Å². The summed E-state index contributed by atoms with van der Waals surface area (Å²) in [5.74, 6) is -0.333. The summed E-state index contributed by atoms with van der Waals surface area (Å²) >= 11 is 0. The van der Waals surface area contributed by atoms with Gasteiger partial charge in [-0.2, -0.15) is 0 Å². The predicted molar refractivity (Wildman–Crippen MR) is 190 cm³/mol. The molecule has 0 aliphatic carbocycles. The standard InChI is InChI=1S/C38H47N7O2/c1-2-32(44-38(40)41)35-37(47)45(21-19-28-17-18-29-15-9-10-16-30(29)23-28)22-20-33(42-35)34(25-27-13-7-4-8-14-27)43-36(46)31(39)24-26-11-5-3-6-12-26/h3-18,23,31-35,42H,2,19-22,24-25,39H2,1H3,(H,43,46)(H4,40,41,44)/t31-,32?,33-,34+,35-/m0/s1. The molecular formula is C38H47N7O2. The maximum atomic E-state index is 14.2. The molecule has 4 aromatic carbocycles. The highest BCUT2D eigenvalue weighted by molar-refractivity contribution is 5.85. The summed E-state index contributed by atoms with van der Waals surface area (Å²) in [6.45, 7) is 3.05. The van der Waals surface area contributed by atoms with Crippen molar-refractivity contribution in [3.05, 3.63) is 120 Å². The summed E-state index contributed by atoms with van der Waals surface area (Å²) in [6, 6.07) is 32.1. The Morgan fingerprint density at radius 3 is 2.19 bits per heavy atom. The molecule has 47 heavy (non-hydrogen) atoms. The first-order valence-electron chi connectivity index (χ1n) is 16.6. The number of fused-ring (bicyclic) bond motifs is 1. The van der Waals surface area contributed by atoms with Crippen LogP contribution in [0.2, 0.25) is 0 Å². The third-order valence-corrected chi connectivity index (χ3v) is 9.03. The molecule has 0 radical (unpaired) electrons. The molecular weight excluding hydrogens is 586 g/mol. The van der Waals surface area contributed by atoms with E-state index in [0.29, 0.717) is 45.2 Å². The molecule has 1 fully saturated rings. The van der Waals surface area contributed by atoms with Crippen LogP contribution < -0.4 is 27.8 Å². The van der Waals surface area contributed by atoms with Gasteiger partial charge in [-0.3, -0.25) is 14.9 Å². The minimum Gasteiger partial charge on any atom is -0.370 e. The maximum absolute atomic E-state index is 14.2. The van der Waals surface area contributed by atoms with Gasteiger partial charge in [0.2, 0.25) is 11.8 Å². The molecule has 1 aliphatic rings. The Morgan fingerprint density at radius 2 is 1.53 bits per heavy atom. The summed E-state index contributed by atoms with van der Waals surface area (Å²) in [4.78, 5) is 34.2. The van der Waals surface area contributed by atoms with Crippen molar-refractivity contribution in [3.63, 3.8) is 0 Å². The van der Waals surface area contributed by atoms with Gasteiger partial charge in [-0.15, -0.1) is 0 Å². The summed E-state index contributed by atoms with van der Waals surface area (Å²) in [5, 5.41) is 9.25.